The van der Waals surface area contributed by atoms with Crippen LogP contribution < -0.4 is 10.1 Å². The van der Waals surface area contributed by atoms with Gasteiger partial charge in [-0.15, -0.1) is 0 Å². The second-order valence-electron chi connectivity index (χ2n) is 6.63. The van der Waals surface area contributed by atoms with E-state index in [9.17, 15) is 0 Å². The van der Waals surface area contributed by atoms with Crippen LogP contribution in [0.15, 0.2) is 24.3 Å². The Hall–Kier alpha value is -1.02. The molecule has 1 aromatic rings. The smallest absolute Gasteiger partial charge is 0.123 e. The summed E-state index contributed by atoms with van der Waals surface area (Å²) in [5, 5.41) is 3.69. The van der Waals surface area contributed by atoms with Gasteiger partial charge in [0.25, 0.3) is 0 Å². The largest absolute Gasteiger partial charge is 0.490 e. The van der Waals surface area contributed by atoms with Crippen LogP contribution >= 0.6 is 0 Å². The summed E-state index contributed by atoms with van der Waals surface area (Å²) in [5.41, 5.74) is 1.39. The Morgan fingerprint density at radius 3 is 2.90 bits per heavy atom. The van der Waals surface area contributed by atoms with Crippen molar-refractivity contribution >= 4 is 0 Å². The summed E-state index contributed by atoms with van der Waals surface area (Å²) < 4.78 is 6.14. The lowest BCUT2D eigenvalue weighted by molar-refractivity contribution is 0.134. The number of rotatable bonds is 4. The van der Waals surface area contributed by atoms with Gasteiger partial charge in [-0.1, -0.05) is 32.0 Å². The van der Waals surface area contributed by atoms with E-state index in [1.807, 2.05) is 0 Å². The topological polar surface area (TPSA) is 21.3 Å². The van der Waals surface area contributed by atoms with Crippen LogP contribution in [0.25, 0.3) is 0 Å². The van der Waals surface area contributed by atoms with Crippen molar-refractivity contribution in [2.75, 3.05) is 6.54 Å². The molecule has 110 valence electrons. The molecule has 0 saturated heterocycles. The molecule has 0 bridgehead atoms. The van der Waals surface area contributed by atoms with E-state index in [4.69, 9.17) is 4.74 Å². The lowest BCUT2D eigenvalue weighted by Crippen LogP contribution is -2.42. The monoisotopic (exact) mass is 273 g/mol. The van der Waals surface area contributed by atoms with Crippen LogP contribution in [0.1, 0.15) is 45.1 Å². The molecule has 0 spiro atoms. The lowest BCUT2D eigenvalue weighted by atomic mass is 9.76. The Labute approximate surface area is 122 Å². The summed E-state index contributed by atoms with van der Waals surface area (Å²) in [6, 6.07) is 9.21. The fourth-order valence-corrected chi connectivity index (χ4v) is 4.01. The number of para-hydroxylation sites is 1. The van der Waals surface area contributed by atoms with E-state index in [-0.39, 0.29) is 0 Å². The van der Waals surface area contributed by atoms with Crippen molar-refractivity contribution in [3.05, 3.63) is 29.8 Å². The minimum absolute atomic E-state index is 0.392. The van der Waals surface area contributed by atoms with E-state index in [0.717, 1.165) is 30.6 Å². The number of nitrogens with one attached hydrogen (secondary N) is 1. The molecule has 4 unspecified atom stereocenters. The average Bonchev–Trinajstić information content (AvgIpc) is 2.84. The van der Waals surface area contributed by atoms with Gasteiger partial charge in [-0.05, 0) is 55.7 Å². The maximum absolute atomic E-state index is 6.14. The van der Waals surface area contributed by atoms with Gasteiger partial charge in [-0.3, -0.25) is 0 Å². The Bertz CT molecular complexity index is 420. The lowest BCUT2D eigenvalue weighted by Gasteiger charge is -2.36. The molecule has 0 amide bonds. The van der Waals surface area contributed by atoms with Crippen molar-refractivity contribution in [2.24, 2.45) is 11.8 Å². The standard InChI is InChI=1S/C18H27NO/c1-3-19-17-9-8-13(2)10-15(17)12-16-11-14-6-4-5-7-18(14)20-16/h4-7,13,15-17,19H,3,8-12H2,1-2H3. The maximum Gasteiger partial charge on any atom is 0.123 e. The van der Waals surface area contributed by atoms with Gasteiger partial charge in [0.05, 0.1) is 0 Å². The van der Waals surface area contributed by atoms with Gasteiger partial charge in [0.15, 0.2) is 0 Å². The van der Waals surface area contributed by atoms with Gasteiger partial charge in [0.2, 0.25) is 0 Å². The Kier molecular flexibility index (Phi) is 4.30. The molecular weight excluding hydrogens is 246 g/mol. The van der Waals surface area contributed by atoms with Crippen LogP contribution in [0, 0.1) is 11.8 Å². The molecule has 4 atom stereocenters. The van der Waals surface area contributed by atoms with Gasteiger partial charge in [-0.2, -0.15) is 0 Å². The molecule has 20 heavy (non-hydrogen) atoms. The Balaban J connectivity index is 1.62. The van der Waals surface area contributed by atoms with E-state index in [1.165, 1.54) is 31.2 Å². The zero-order valence-corrected chi connectivity index (χ0v) is 12.8. The van der Waals surface area contributed by atoms with E-state index in [0.29, 0.717) is 12.1 Å². The number of hydrogen-bond acceptors (Lipinski definition) is 2. The quantitative estimate of drug-likeness (QED) is 0.901. The van der Waals surface area contributed by atoms with E-state index in [1.54, 1.807) is 0 Å². The summed E-state index contributed by atoms with van der Waals surface area (Å²) in [6.07, 6.45) is 6.76. The SMILES string of the molecule is CCNC1CCC(C)CC1CC1Cc2ccccc2O1. The van der Waals surface area contributed by atoms with Crippen LogP contribution in [0.5, 0.6) is 5.75 Å². The number of benzene rings is 1. The van der Waals surface area contributed by atoms with Crippen LogP contribution in [-0.2, 0) is 6.42 Å². The maximum atomic E-state index is 6.14. The summed E-state index contributed by atoms with van der Waals surface area (Å²) in [5.74, 6) is 2.76. The summed E-state index contributed by atoms with van der Waals surface area (Å²) in [6.45, 7) is 5.71. The number of fused-ring (bicyclic) bond motifs is 1. The van der Waals surface area contributed by atoms with Crippen molar-refractivity contribution in [1.82, 2.24) is 5.32 Å². The van der Waals surface area contributed by atoms with E-state index < -0.39 is 0 Å². The normalized spacial score (nSPS) is 32.7. The summed E-state index contributed by atoms with van der Waals surface area (Å²) in [4.78, 5) is 0. The molecule has 1 N–H and O–H groups in total. The first-order valence-corrected chi connectivity index (χ1v) is 8.24. The fourth-order valence-electron chi connectivity index (χ4n) is 4.01. The minimum Gasteiger partial charge on any atom is -0.490 e. The first-order chi connectivity index (χ1) is 9.76. The third-order valence-corrected chi connectivity index (χ3v) is 4.99. The van der Waals surface area contributed by atoms with E-state index >= 15 is 0 Å². The highest BCUT2D eigenvalue weighted by Crippen LogP contribution is 2.36. The average molecular weight is 273 g/mol. The highest BCUT2D eigenvalue weighted by Gasteiger charge is 2.32. The second kappa shape index (κ2) is 6.17. The zero-order valence-electron chi connectivity index (χ0n) is 12.8. The highest BCUT2D eigenvalue weighted by molar-refractivity contribution is 5.37. The molecule has 0 radical (unpaired) electrons. The van der Waals surface area contributed by atoms with Crippen molar-refractivity contribution in [2.45, 2.75) is 58.1 Å². The van der Waals surface area contributed by atoms with Crippen molar-refractivity contribution in [3.8, 4) is 5.75 Å². The minimum atomic E-state index is 0.392. The first kappa shape index (κ1) is 13.9. The fraction of sp³-hybridized carbons (Fsp3) is 0.667. The molecule has 1 fully saturated rings. The molecule has 3 rings (SSSR count). The predicted octanol–water partition coefficient (Wildman–Crippen LogP) is 3.79. The van der Waals surface area contributed by atoms with Gasteiger partial charge in [-0.25, -0.2) is 0 Å². The molecule has 0 aromatic heterocycles. The van der Waals surface area contributed by atoms with Gasteiger partial charge < -0.3 is 10.1 Å². The van der Waals surface area contributed by atoms with Crippen molar-refractivity contribution < 1.29 is 4.74 Å². The third-order valence-electron chi connectivity index (χ3n) is 4.99. The third kappa shape index (κ3) is 3.01. The van der Waals surface area contributed by atoms with Crippen molar-refractivity contribution in [3.63, 3.8) is 0 Å². The van der Waals surface area contributed by atoms with E-state index in [2.05, 4.69) is 43.4 Å². The van der Waals surface area contributed by atoms with Gasteiger partial charge >= 0.3 is 0 Å². The Morgan fingerprint density at radius 2 is 2.10 bits per heavy atom. The molecular formula is C18H27NO. The molecule has 2 nitrogen and oxygen atoms in total. The summed E-state index contributed by atoms with van der Waals surface area (Å²) >= 11 is 0. The molecule has 2 aliphatic rings. The molecule has 1 heterocycles. The van der Waals surface area contributed by atoms with Crippen molar-refractivity contribution in [1.29, 1.82) is 0 Å². The molecule has 2 heteroatoms. The predicted molar refractivity (Wildman–Crippen MR) is 83.1 cm³/mol. The molecule has 1 aliphatic carbocycles. The molecule has 1 saturated carbocycles. The zero-order chi connectivity index (χ0) is 13.9. The Morgan fingerprint density at radius 1 is 1.25 bits per heavy atom. The highest BCUT2D eigenvalue weighted by atomic mass is 16.5. The first-order valence-electron chi connectivity index (χ1n) is 8.24. The molecule has 1 aliphatic heterocycles. The second-order valence-corrected chi connectivity index (χ2v) is 6.63. The van der Waals surface area contributed by atoms with Gasteiger partial charge in [0.1, 0.15) is 11.9 Å². The number of hydrogen-bond donors (Lipinski definition) is 1. The molecule has 1 aromatic carbocycles. The summed E-state index contributed by atoms with van der Waals surface area (Å²) in [7, 11) is 0. The van der Waals surface area contributed by atoms with Gasteiger partial charge in [0, 0.05) is 12.5 Å². The number of ether oxygens (including phenoxy) is 1. The van der Waals surface area contributed by atoms with Crippen LogP contribution in [0.4, 0.5) is 0 Å². The van der Waals surface area contributed by atoms with Crippen LogP contribution in [0.2, 0.25) is 0 Å². The van der Waals surface area contributed by atoms with Crippen LogP contribution in [0.3, 0.4) is 0 Å². The van der Waals surface area contributed by atoms with Crippen LogP contribution in [-0.4, -0.2) is 18.7 Å².